The number of hydrogen-bond donors (Lipinski definition) is 3. The second-order valence-corrected chi connectivity index (χ2v) is 6.94. The van der Waals surface area contributed by atoms with Gasteiger partial charge in [0.05, 0.1) is 6.54 Å². The van der Waals surface area contributed by atoms with Gasteiger partial charge in [-0.15, -0.1) is 0 Å². The number of amides is 1. The van der Waals surface area contributed by atoms with Crippen LogP contribution in [0, 0.1) is 0 Å². The molecule has 3 N–H and O–H groups in total. The largest absolute Gasteiger partial charge is 0.368 e. The lowest BCUT2D eigenvalue weighted by Gasteiger charge is -2.12. The molecule has 1 atom stereocenters. The van der Waals surface area contributed by atoms with Gasteiger partial charge in [-0.05, 0) is 49.9 Å². The zero-order valence-corrected chi connectivity index (χ0v) is 16.9. The number of carbonyl (C=O) groups is 1. The van der Waals surface area contributed by atoms with Crippen LogP contribution in [-0.2, 0) is 22.6 Å². The molecule has 1 aromatic carbocycles. The van der Waals surface area contributed by atoms with Crippen molar-refractivity contribution >= 4 is 17.6 Å². The van der Waals surface area contributed by atoms with E-state index < -0.39 is 0 Å². The van der Waals surface area contributed by atoms with Crippen LogP contribution < -0.4 is 16.0 Å². The van der Waals surface area contributed by atoms with E-state index in [9.17, 15) is 4.79 Å². The topological polar surface area (TPSA) is 92.6 Å². The first-order chi connectivity index (χ1) is 14.2. The van der Waals surface area contributed by atoms with Crippen molar-refractivity contribution in [3.8, 4) is 0 Å². The molecule has 1 fully saturated rings. The summed E-state index contributed by atoms with van der Waals surface area (Å²) in [5.41, 5.74) is 1.80. The molecule has 0 aliphatic carbocycles. The van der Waals surface area contributed by atoms with Crippen LogP contribution in [0.1, 0.15) is 31.7 Å². The van der Waals surface area contributed by atoms with E-state index in [-0.39, 0.29) is 12.0 Å². The maximum atomic E-state index is 12.2. The normalized spacial score (nSPS) is 16.6. The smallest absolute Gasteiger partial charge is 0.253 e. The molecule has 1 aromatic heterocycles. The number of aromatic nitrogens is 2. The van der Waals surface area contributed by atoms with Gasteiger partial charge in [0.25, 0.3) is 5.91 Å². The Bertz CT molecular complexity index is 784. The van der Waals surface area contributed by atoms with E-state index in [0.29, 0.717) is 13.2 Å². The molecule has 1 aliphatic heterocycles. The van der Waals surface area contributed by atoms with Gasteiger partial charge in [-0.1, -0.05) is 12.1 Å². The molecule has 1 unspecified atom stereocenters. The summed E-state index contributed by atoms with van der Waals surface area (Å²) < 4.78 is 7.36. The molecule has 0 spiro atoms. The van der Waals surface area contributed by atoms with Gasteiger partial charge in [0.1, 0.15) is 6.10 Å². The third kappa shape index (κ3) is 6.90. The lowest BCUT2D eigenvalue weighted by Crippen LogP contribution is -2.38. The molecule has 3 rings (SSSR count). The van der Waals surface area contributed by atoms with Gasteiger partial charge < -0.3 is 20.7 Å². The molecule has 8 heteroatoms. The molecule has 8 nitrogen and oxygen atoms in total. The van der Waals surface area contributed by atoms with Crippen molar-refractivity contribution in [3.05, 3.63) is 48.3 Å². The number of aryl methyl sites for hydroxylation is 1. The predicted molar refractivity (Wildman–Crippen MR) is 114 cm³/mol. The highest BCUT2D eigenvalue weighted by atomic mass is 16.5. The Morgan fingerprint density at radius 3 is 3.03 bits per heavy atom. The van der Waals surface area contributed by atoms with Gasteiger partial charge in [-0.3, -0.25) is 9.48 Å². The van der Waals surface area contributed by atoms with Gasteiger partial charge in [0.2, 0.25) is 0 Å². The second-order valence-electron chi connectivity index (χ2n) is 6.94. The fourth-order valence-corrected chi connectivity index (χ4v) is 3.15. The van der Waals surface area contributed by atoms with Crippen molar-refractivity contribution in [1.29, 1.82) is 0 Å². The first-order valence-electron chi connectivity index (χ1n) is 10.3. The summed E-state index contributed by atoms with van der Waals surface area (Å²) in [7, 11) is 0. The number of guanidine groups is 1. The van der Waals surface area contributed by atoms with Gasteiger partial charge in [0.15, 0.2) is 5.96 Å². The number of nitrogens with one attached hydrogen (secondary N) is 3. The first-order valence-corrected chi connectivity index (χ1v) is 10.3. The van der Waals surface area contributed by atoms with Gasteiger partial charge in [0, 0.05) is 44.3 Å². The minimum atomic E-state index is -0.331. The van der Waals surface area contributed by atoms with Crippen LogP contribution in [0.25, 0.3) is 0 Å². The maximum Gasteiger partial charge on any atom is 0.253 e. The molecule has 0 radical (unpaired) electrons. The highest BCUT2D eigenvalue weighted by molar-refractivity contribution is 5.94. The Morgan fingerprint density at radius 2 is 2.28 bits per heavy atom. The molecule has 0 bridgehead atoms. The molecule has 1 amide bonds. The van der Waals surface area contributed by atoms with Gasteiger partial charge in [-0.2, -0.15) is 5.10 Å². The molecular formula is C21H30N6O2. The van der Waals surface area contributed by atoms with Crippen LogP contribution in [0.3, 0.4) is 0 Å². The molecule has 2 aromatic rings. The highest BCUT2D eigenvalue weighted by Crippen LogP contribution is 2.16. The summed E-state index contributed by atoms with van der Waals surface area (Å²) in [5, 5.41) is 13.8. The van der Waals surface area contributed by atoms with E-state index in [0.717, 1.165) is 56.1 Å². The van der Waals surface area contributed by atoms with Crippen LogP contribution in [0.5, 0.6) is 0 Å². The van der Waals surface area contributed by atoms with Crippen molar-refractivity contribution in [2.24, 2.45) is 4.99 Å². The summed E-state index contributed by atoms with van der Waals surface area (Å²) in [6.07, 6.45) is 6.10. The fraction of sp³-hybridized carbons (Fsp3) is 0.476. The van der Waals surface area contributed by atoms with Gasteiger partial charge in [-0.25, -0.2) is 4.99 Å². The lowest BCUT2D eigenvalue weighted by atomic mass is 10.2. The van der Waals surface area contributed by atoms with E-state index in [2.05, 4.69) is 26.0 Å². The van der Waals surface area contributed by atoms with Crippen LogP contribution >= 0.6 is 0 Å². The Morgan fingerprint density at radius 1 is 1.34 bits per heavy atom. The lowest BCUT2D eigenvalue weighted by molar-refractivity contribution is -0.124. The van der Waals surface area contributed by atoms with E-state index in [4.69, 9.17) is 4.74 Å². The zero-order valence-electron chi connectivity index (χ0n) is 16.9. The van der Waals surface area contributed by atoms with Crippen molar-refractivity contribution in [1.82, 2.24) is 20.4 Å². The molecule has 0 saturated carbocycles. The summed E-state index contributed by atoms with van der Waals surface area (Å²) in [4.78, 5) is 16.9. The number of anilines is 1. The van der Waals surface area contributed by atoms with Crippen molar-refractivity contribution in [2.75, 3.05) is 25.0 Å². The Balaban J connectivity index is 1.49. The minimum absolute atomic E-state index is 0.0738. The molecule has 1 saturated heterocycles. The number of benzene rings is 1. The van der Waals surface area contributed by atoms with E-state index in [1.165, 1.54) is 0 Å². The number of aliphatic imine (C=N–C) groups is 1. The summed E-state index contributed by atoms with van der Waals surface area (Å²) in [6, 6.07) is 9.71. The Kier molecular flexibility index (Phi) is 8.06. The van der Waals surface area contributed by atoms with E-state index in [1.807, 2.05) is 48.1 Å². The minimum Gasteiger partial charge on any atom is -0.368 e. The summed E-state index contributed by atoms with van der Waals surface area (Å²) in [5.74, 6) is 0.706. The molecule has 156 valence electrons. The Labute approximate surface area is 171 Å². The zero-order chi connectivity index (χ0) is 20.3. The quantitative estimate of drug-likeness (QED) is 0.342. The average molecular weight is 399 g/mol. The van der Waals surface area contributed by atoms with Crippen LogP contribution in [0.2, 0.25) is 0 Å². The number of rotatable bonds is 9. The second kappa shape index (κ2) is 11.2. The van der Waals surface area contributed by atoms with Crippen LogP contribution in [-0.4, -0.2) is 47.4 Å². The number of hydrogen-bond acceptors (Lipinski definition) is 4. The van der Waals surface area contributed by atoms with Crippen molar-refractivity contribution < 1.29 is 9.53 Å². The molecule has 2 heterocycles. The monoisotopic (exact) mass is 398 g/mol. The third-order valence-electron chi connectivity index (χ3n) is 4.60. The SMILES string of the molecule is CCNC(=NCc1cccc(NC(=O)C2CCCO2)c1)NCCCn1cccn1. The first kappa shape index (κ1) is 20.9. The van der Waals surface area contributed by atoms with E-state index in [1.54, 1.807) is 6.20 Å². The van der Waals surface area contributed by atoms with Crippen LogP contribution in [0.4, 0.5) is 5.69 Å². The number of ether oxygens (including phenoxy) is 1. The van der Waals surface area contributed by atoms with Crippen LogP contribution in [0.15, 0.2) is 47.7 Å². The van der Waals surface area contributed by atoms with Gasteiger partial charge >= 0.3 is 0 Å². The molecule has 1 aliphatic rings. The molecular weight excluding hydrogens is 368 g/mol. The average Bonchev–Trinajstić information content (AvgIpc) is 3.44. The van der Waals surface area contributed by atoms with E-state index >= 15 is 0 Å². The number of carbonyl (C=O) groups excluding carboxylic acids is 1. The van der Waals surface area contributed by atoms with Crippen molar-refractivity contribution in [3.63, 3.8) is 0 Å². The predicted octanol–water partition coefficient (Wildman–Crippen LogP) is 2.15. The third-order valence-corrected chi connectivity index (χ3v) is 4.60. The van der Waals surface area contributed by atoms with Crippen molar-refractivity contribution in [2.45, 2.75) is 45.4 Å². The number of nitrogens with zero attached hydrogens (tertiary/aromatic N) is 3. The standard InChI is InChI=1S/C21H30N6O2/c1-2-22-21(23-10-5-12-27-13-6-11-25-27)24-16-17-7-3-8-18(15-17)26-20(28)19-9-4-14-29-19/h3,6-8,11,13,15,19H,2,4-5,9-10,12,14,16H2,1H3,(H,26,28)(H2,22,23,24). The highest BCUT2D eigenvalue weighted by Gasteiger charge is 2.23. The fourth-order valence-electron chi connectivity index (χ4n) is 3.15. The Hall–Kier alpha value is -2.87. The maximum absolute atomic E-state index is 12.2. The summed E-state index contributed by atoms with van der Waals surface area (Å²) in [6.45, 7) is 5.70. The molecule has 29 heavy (non-hydrogen) atoms. The summed E-state index contributed by atoms with van der Waals surface area (Å²) >= 11 is 0.